The van der Waals surface area contributed by atoms with Crippen molar-refractivity contribution in [2.75, 3.05) is 20.2 Å². The lowest BCUT2D eigenvalue weighted by atomic mass is 9.99. The van der Waals surface area contributed by atoms with Crippen LogP contribution in [0.25, 0.3) is 0 Å². The van der Waals surface area contributed by atoms with E-state index < -0.39 is 18.0 Å². The van der Waals surface area contributed by atoms with Crippen LogP contribution in [0, 0.1) is 17.8 Å². The van der Waals surface area contributed by atoms with Gasteiger partial charge in [-0.3, -0.25) is 4.79 Å². The lowest BCUT2D eigenvalue weighted by Gasteiger charge is -2.22. The minimum atomic E-state index is -1.05. The first-order valence-corrected chi connectivity index (χ1v) is 7.12. The molecule has 1 aliphatic rings. The maximum atomic E-state index is 12.1. The van der Waals surface area contributed by atoms with Gasteiger partial charge in [0.05, 0.1) is 13.0 Å². The number of aliphatic carboxylic acids is 1. The van der Waals surface area contributed by atoms with Crippen LogP contribution < -0.4 is 5.32 Å². The maximum Gasteiger partial charge on any atom is 0.326 e. The summed E-state index contributed by atoms with van der Waals surface area (Å²) in [5.74, 6) is -1.58. The predicted molar refractivity (Wildman–Crippen MR) is 75.7 cm³/mol. The van der Waals surface area contributed by atoms with Gasteiger partial charge < -0.3 is 20.1 Å². The number of rotatable bonds is 5. The molecule has 3 atom stereocenters. The Balaban J connectivity index is 2.63. The van der Waals surface area contributed by atoms with Crippen LogP contribution in [0.1, 0.15) is 27.2 Å². The summed E-state index contributed by atoms with van der Waals surface area (Å²) in [5.41, 5.74) is 0. The van der Waals surface area contributed by atoms with E-state index in [4.69, 9.17) is 9.84 Å². The Morgan fingerprint density at radius 1 is 1.33 bits per heavy atom. The lowest BCUT2D eigenvalue weighted by Crippen LogP contribution is -2.48. The smallest absolute Gasteiger partial charge is 0.326 e. The number of likely N-dealkylation sites (tertiary alicyclic amines) is 1. The van der Waals surface area contributed by atoms with Crippen molar-refractivity contribution < 1.29 is 24.2 Å². The Bertz CT molecular complexity index is 410. The van der Waals surface area contributed by atoms with Gasteiger partial charge in [0.15, 0.2) is 0 Å². The molecule has 0 aromatic rings. The summed E-state index contributed by atoms with van der Waals surface area (Å²) in [6.07, 6.45) is 0.366. The molecular formula is C14H24N2O5. The molecule has 7 nitrogen and oxygen atoms in total. The zero-order valence-electron chi connectivity index (χ0n) is 13.0. The number of nitrogens with one attached hydrogen (secondary N) is 1. The van der Waals surface area contributed by atoms with Crippen molar-refractivity contribution in [2.24, 2.45) is 17.8 Å². The van der Waals surface area contributed by atoms with Gasteiger partial charge in [-0.15, -0.1) is 0 Å². The highest BCUT2D eigenvalue weighted by Crippen LogP contribution is 2.24. The Hall–Kier alpha value is -1.79. The minimum absolute atomic E-state index is 0.00317. The minimum Gasteiger partial charge on any atom is -0.480 e. The van der Waals surface area contributed by atoms with Crippen molar-refractivity contribution in [1.82, 2.24) is 10.2 Å². The Morgan fingerprint density at radius 2 is 1.95 bits per heavy atom. The second-order valence-electron chi connectivity index (χ2n) is 5.98. The molecule has 0 bridgehead atoms. The summed E-state index contributed by atoms with van der Waals surface area (Å²) in [6.45, 7) is 6.34. The summed E-state index contributed by atoms with van der Waals surface area (Å²) in [4.78, 5) is 36.4. The first kappa shape index (κ1) is 17.3. The van der Waals surface area contributed by atoms with Crippen LogP contribution in [0.5, 0.6) is 0 Å². The Morgan fingerprint density at radius 3 is 2.43 bits per heavy atom. The standard InChI is InChI=1S/C14H24N2O5/c1-8(2)5-11(12(17)18)15-14(20)16-6-9(3)10(7-16)13(19)21-4/h8-11H,5-7H2,1-4H3,(H,15,20)(H,17,18). The van der Waals surface area contributed by atoms with Crippen LogP contribution in [0.15, 0.2) is 0 Å². The number of urea groups is 1. The third kappa shape index (κ3) is 4.61. The molecule has 0 radical (unpaired) electrons. The van der Waals surface area contributed by atoms with Crippen LogP contribution in [0.4, 0.5) is 4.79 Å². The van der Waals surface area contributed by atoms with E-state index in [0.29, 0.717) is 13.0 Å². The number of amides is 2. The number of carboxylic acids is 1. The fourth-order valence-corrected chi connectivity index (χ4v) is 2.52. The molecule has 7 heteroatoms. The van der Waals surface area contributed by atoms with Crippen molar-refractivity contribution in [3.05, 3.63) is 0 Å². The van der Waals surface area contributed by atoms with Gasteiger partial charge in [-0.1, -0.05) is 20.8 Å². The van der Waals surface area contributed by atoms with Gasteiger partial charge in [0.25, 0.3) is 0 Å². The average Bonchev–Trinajstić information content (AvgIpc) is 2.78. The molecule has 1 saturated heterocycles. The van der Waals surface area contributed by atoms with Crippen molar-refractivity contribution in [1.29, 1.82) is 0 Å². The van der Waals surface area contributed by atoms with Crippen LogP contribution in [0.2, 0.25) is 0 Å². The second-order valence-corrected chi connectivity index (χ2v) is 5.98. The number of hydrogen-bond acceptors (Lipinski definition) is 4. The molecule has 1 heterocycles. The first-order chi connectivity index (χ1) is 9.76. The fraction of sp³-hybridized carbons (Fsp3) is 0.786. The highest BCUT2D eigenvalue weighted by atomic mass is 16.5. The lowest BCUT2D eigenvalue weighted by molar-refractivity contribution is -0.146. The van der Waals surface area contributed by atoms with Gasteiger partial charge in [0.1, 0.15) is 6.04 Å². The average molecular weight is 300 g/mol. The third-order valence-corrected chi connectivity index (χ3v) is 3.71. The number of esters is 1. The molecule has 2 N–H and O–H groups in total. The molecule has 120 valence electrons. The van der Waals surface area contributed by atoms with Crippen LogP contribution in [-0.4, -0.2) is 54.2 Å². The summed E-state index contributed by atoms with van der Waals surface area (Å²) in [6, 6.07) is -1.36. The molecule has 0 aromatic heterocycles. The van der Waals surface area contributed by atoms with E-state index in [1.165, 1.54) is 12.0 Å². The quantitative estimate of drug-likeness (QED) is 0.737. The molecule has 1 fully saturated rings. The van der Waals surface area contributed by atoms with Gasteiger partial charge >= 0.3 is 18.0 Å². The van der Waals surface area contributed by atoms with E-state index in [2.05, 4.69) is 5.32 Å². The van der Waals surface area contributed by atoms with E-state index in [9.17, 15) is 14.4 Å². The monoisotopic (exact) mass is 300 g/mol. The molecule has 0 aromatic carbocycles. The van der Waals surface area contributed by atoms with Crippen molar-refractivity contribution >= 4 is 18.0 Å². The van der Waals surface area contributed by atoms with E-state index in [1.54, 1.807) is 0 Å². The summed E-state index contributed by atoms with van der Waals surface area (Å²) < 4.78 is 4.71. The SMILES string of the molecule is COC(=O)C1CN(C(=O)NC(CC(C)C)C(=O)O)CC1C. The fourth-order valence-electron chi connectivity index (χ4n) is 2.52. The molecule has 1 aliphatic heterocycles. The number of nitrogens with zero attached hydrogens (tertiary/aromatic N) is 1. The van der Waals surface area contributed by atoms with E-state index >= 15 is 0 Å². The number of carbonyl (C=O) groups excluding carboxylic acids is 2. The van der Waals surface area contributed by atoms with Gasteiger partial charge in [-0.2, -0.15) is 0 Å². The highest BCUT2D eigenvalue weighted by molar-refractivity contribution is 5.83. The van der Waals surface area contributed by atoms with Crippen LogP contribution in [-0.2, 0) is 14.3 Å². The van der Waals surface area contributed by atoms with Gasteiger partial charge in [0, 0.05) is 13.1 Å². The first-order valence-electron chi connectivity index (χ1n) is 7.12. The van der Waals surface area contributed by atoms with E-state index in [0.717, 1.165) is 0 Å². The zero-order chi connectivity index (χ0) is 16.2. The van der Waals surface area contributed by atoms with Crippen molar-refractivity contribution in [2.45, 2.75) is 33.2 Å². The topological polar surface area (TPSA) is 95.9 Å². The molecule has 0 aliphatic carbocycles. The number of carbonyl (C=O) groups is 3. The van der Waals surface area contributed by atoms with Gasteiger partial charge in [0.2, 0.25) is 0 Å². The summed E-state index contributed by atoms with van der Waals surface area (Å²) >= 11 is 0. The number of carboxylic acid groups (broad SMARTS) is 1. The van der Waals surface area contributed by atoms with Crippen LogP contribution in [0.3, 0.4) is 0 Å². The van der Waals surface area contributed by atoms with Crippen molar-refractivity contribution in [3.8, 4) is 0 Å². The van der Waals surface area contributed by atoms with Crippen LogP contribution >= 0.6 is 0 Å². The largest absolute Gasteiger partial charge is 0.480 e. The third-order valence-electron chi connectivity index (χ3n) is 3.71. The van der Waals surface area contributed by atoms with Gasteiger partial charge in [-0.25, -0.2) is 9.59 Å². The second kappa shape index (κ2) is 7.28. The Kier molecular flexibility index (Phi) is 5.99. The number of hydrogen-bond donors (Lipinski definition) is 2. The van der Waals surface area contributed by atoms with E-state index in [1.807, 2.05) is 20.8 Å². The highest BCUT2D eigenvalue weighted by Gasteiger charge is 2.38. The summed E-state index contributed by atoms with van der Waals surface area (Å²) in [5, 5.41) is 11.7. The Labute approximate surface area is 124 Å². The predicted octanol–water partition coefficient (Wildman–Crippen LogP) is 0.936. The number of methoxy groups -OCH3 is 1. The van der Waals surface area contributed by atoms with Crippen molar-refractivity contribution in [3.63, 3.8) is 0 Å². The molecule has 2 amide bonds. The molecule has 1 rings (SSSR count). The van der Waals surface area contributed by atoms with Gasteiger partial charge in [-0.05, 0) is 18.3 Å². The molecule has 0 spiro atoms. The zero-order valence-corrected chi connectivity index (χ0v) is 13.0. The summed E-state index contributed by atoms with van der Waals surface area (Å²) in [7, 11) is 1.32. The molecular weight excluding hydrogens is 276 g/mol. The number of ether oxygens (including phenoxy) is 1. The molecule has 21 heavy (non-hydrogen) atoms. The molecule has 0 saturated carbocycles. The van der Waals surface area contributed by atoms with E-state index in [-0.39, 0.29) is 30.3 Å². The maximum absolute atomic E-state index is 12.1. The molecule has 3 unspecified atom stereocenters. The normalized spacial score (nSPS) is 23.0.